The van der Waals surface area contributed by atoms with Crippen LogP contribution in [0.1, 0.15) is 31.0 Å². The molecule has 10 heteroatoms. The van der Waals surface area contributed by atoms with Gasteiger partial charge >= 0.3 is 0 Å². The highest BCUT2D eigenvalue weighted by atomic mass is 32.1. The lowest BCUT2D eigenvalue weighted by Gasteiger charge is -2.25. The molecule has 0 radical (unpaired) electrons. The van der Waals surface area contributed by atoms with Gasteiger partial charge in [0.2, 0.25) is 0 Å². The van der Waals surface area contributed by atoms with Crippen LogP contribution in [0.3, 0.4) is 0 Å². The molecule has 0 aliphatic carbocycles. The molecule has 9 nitrogen and oxygen atoms in total. The molecule has 1 aliphatic rings. The Hall–Kier alpha value is -5.14. The van der Waals surface area contributed by atoms with Crippen LogP contribution in [0, 0.1) is 11.3 Å². The van der Waals surface area contributed by atoms with Crippen LogP contribution >= 0.6 is 11.3 Å². The van der Waals surface area contributed by atoms with Crippen LogP contribution in [0.15, 0.2) is 93.9 Å². The molecule has 5 rings (SSSR count). The molecule has 1 N–H and O–H groups in total. The van der Waals surface area contributed by atoms with E-state index in [0.29, 0.717) is 55.7 Å². The maximum absolute atomic E-state index is 14.0. The van der Waals surface area contributed by atoms with Gasteiger partial charge in [-0.25, -0.2) is 4.99 Å². The number of nitrogens with zero attached hydrogens (tertiary/aromatic N) is 3. The summed E-state index contributed by atoms with van der Waals surface area (Å²) in [5, 5.41) is 11.8. The first-order valence-corrected chi connectivity index (χ1v) is 14.0. The fourth-order valence-corrected chi connectivity index (χ4v) is 5.76. The van der Waals surface area contributed by atoms with E-state index >= 15 is 0 Å². The SMILES string of the molecule is CCOc1ccc([C@@H]2C(C(=O)Nc3ccccc3)=C(C)N=c3s/c(=C\c4ccc(OCC#N)c(OC)c4)c(=O)n32)cc1. The van der Waals surface area contributed by atoms with Crippen LogP contribution in [0.2, 0.25) is 0 Å². The predicted molar refractivity (Wildman–Crippen MR) is 161 cm³/mol. The summed E-state index contributed by atoms with van der Waals surface area (Å²) >= 11 is 1.24. The van der Waals surface area contributed by atoms with Crippen LogP contribution in [0.5, 0.6) is 17.2 Å². The number of fused-ring (bicyclic) bond motifs is 1. The number of para-hydroxylation sites is 1. The summed E-state index contributed by atoms with van der Waals surface area (Å²) in [6.45, 7) is 4.10. The summed E-state index contributed by atoms with van der Waals surface area (Å²) in [5.41, 5.74) is 2.72. The molecule has 4 aromatic rings. The zero-order valence-corrected chi connectivity index (χ0v) is 24.1. The van der Waals surface area contributed by atoms with Crippen molar-refractivity contribution in [3.05, 3.63) is 115 Å². The molecule has 0 bridgehead atoms. The summed E-state index contributed by atoms with van der Waals surface area (Å²) in [4.78, 5) is 32.9. The lowest BCUT2D eigenvalue weighted by atomic mass is 9.95. The minimum atomic E-state index is -0.709. The van der Waals surface area contributed by atoms with Gasteiger partial charge in [-0.15, -0.1) is 0 Å². The molecule has 1 atom stereocenters. The van der Waals surface area contributed by atoms with Crippen molar-refractivity contribution in [2.75, 3.05) is 25.6 Å². The molecule has 1 aromatic heterocycles. The molecule has 1 aliphatic heterocycles. The van der Waals surface area contributed by atoms with Crippen LogP contribution < -0.4 is 34.4 Å². The number of carbonyl (C=O) groups is 1. The maximum Gasteiger partial charge on any atom is 0.271 e. The minimum absolute atomic E-state index is 0.112. The number of nitrogens with one attached hydrogen (secondary N) is 1. The zero-order valence-electron chi connectivity index (χ0n) is 23.3. The second-order valence-corrected chi connectivity index (χ2v) is 10.3. The second-order valence-electron chi connectivity index (χ2n) is 9.26. The van der Waals surface area contributed by atoms with E-state index in [1.54, 1.807) is 47.9 Å². The molecule has 0 saturated carbocycles. The Balaban J connectivity index is 1.62. The molecule has 212 valence electrons. The van der Waals surface area contributed by atoms with Crippen molar-refractivity contribution in [1.29, 1.82) is 5.26 Å². The van der Waals surface area contributed by atoms with Crippen molar-refractivity contribution in [3.63, 3.8) is 0 Å². The predicted octanol–water partition coefficient (Wildman–Crippen LogP) is 4.18. The number of hydrogen-bond donors (Lipinski definition) is 1. The molecule has 0 fully saturated rings. The Kier molecular flexibility index (Phi) is 8.50. The highest BCUT2D eigenvalue weighted by molar-refractivity contribution is 7.07. The summed E-state index contributed by atoms with van der Waals surface area (Å²) in [6, 6.07) is 23.0. The molecule has 0 saturated heterocycles. The second kappa shape index (κ2) is 12.6. The summed E-state index contributed by atoms with van der Waals surface area (Å²) in [7, 11) is 1.51. The third kappa shape index (κ3) is 5.82. The standard InChI is InChI=1S/C32H28N4O5S/c1-4-40-24-13-11-22(12-14-24)29-28(30(37)35-23-8-6-5-7-9-23)20(2)34-32-36(29)31(38)27(42-32)19-21-10-15-25(41-17-16-33)26(18-21)39-3/h5-15,18-19,29H,4,17H2,1-3H3,(H,35,37)/b27-19-/t29-/m1/s1. The van der Waals surface area contributed by atoms with E-state index in [2.05, 4.69) is 5.32 Å². The zero-order chi connectivity index (χ0) is 29.6. The minimum Gasteiger partial charge on any atom is -0.494 e. The average Bonchev–Trinajstić information content (AvgIpc) is 3.30. The van der Waals surface area contributed by atoms with Gasteiger partial charge in [0.15, 0.2) is 22.9 Å². The van der Waals surface area contributed by atoms with Gasteiger partial charge in [-0.2, -0.15) is 5.26 Å². The Morgan fingerprint density at radius 3 is 2.55 bits per heavy atom. The molecule has 0 unspecified atom stereocenters. The van der Waals surface area contributed by atoms with E-state index in [1.807, 2.05) is 55.5 Å². The first-order chi connectivity index (χ1) is 20.4. The lowest BCUT2D eigenvalue weighted by molar-refractivity contribution is -0.113. The number of aromatic nitrogens is 1. The van der Waals surface area contributed by atoms with Crippen molar-refractivity contribution >= 4 is 29.0 Å². The summed E-state index contributed by atoms with van der Waals surface area (Å²) in [5.74, 6) is 1.22. The number of rotatable bonds is 9. The first kappa shape index (κ1) is 28.4. The largest absolute Gasteiger partial charge is 0.494 e. The number of amides is 1. The topological polar surface area (TPSA) is 115 Å². The summed E-state index contributed by atoms with van der Waals surface area (Å²) < 4.78 is 18.5. The number of hydrogen-bond acceptors (Lipinski definition) is 8. The highest BCUT2D eigenvalue weighted by Crippen LogP contribution is 2.32. The lowest BCUT2D eigenvalue weighted by Crippen LogP contribution is -2.40. The third-order valence-electron chi connectivity index (χ3n) is 6.58. The number of allylic oxidation sites excluding steroid dienone is 1. The highest BCUT2D eigenvalue weighted by Gasteiger charge is 2.32. The normalized spacial score (nSPS) is 14.4. The number of benzene rings is 3. The van der Waals surface area contributed by atoms with Gasteiger partial charge in [-0.05, 0) is 67.4 Å². The Labute approximate surface area is 246 Å². The fraction of sp³-hybridized carbons (Fsp3) is 0.188. The van der Waals surface area contributed by atoms with Crippen LogP contribution in [0.4, 0.5) is 5.69 Å². The average molecular weight is 581 g/mol. The number of methoxy groups -OCH3 is 1. The summed E-state index contributed by atoms with van der Waals surface area (Å²) in [6.07, 6.45) is 1.75. The number of nitriles is 1. The third-order valence-corrected chi connectivity index (χ3v) is 7.57. The van der Waals surface area contributed by atoms with Gasteiger partial charge in [0.1, 0.15) is 11.8 Å². The molecule has 3 aromatic carbocycles. The van der Waals surface area contributed by atoms with Gasteiger partial charge in [0.25, 0.3) is 11.5 Å². The van der Waals surface area contributed by atoms with Gasteiger partial charge in [-0.1, -0.05) is 47.7 Å². The van der Waals surface area contributed by atoms with Crippen molar-refractivity contribution < 1.29 is 19.0 Å². The van der Waals surface area contributed by atoms with E-state index in [4.69, 9.17) is 24.5 Å². The molecule has 42 heavy (non-hydrogen) atoms. The maximum atomic E-state index is 14.0. The smallest absolute Gasteiger partial charge is 0.271 e. The molecule has 1 amide bonds. The van der Waals surface area contributed by atoms with E-state index in [1.165, 1.54) is 18.4 Å². The Bertz CT molecular complexity index is 1870. The first-order valence-electron chi connectivity index (χ1n) is 13.2. The van der Waals surface area contributed by atoms with Crippen LogP contribution in [0.25, 0.3) is 6.08 Å². The monoisotopic (exact) mass is 580 g/mol. The van der Waals surface area contributed by atoms with Crippen molar-refractivity contribution in [2.24, 2.45) is 4.99 Å². The van der Waals surface area contributed by atoms with Crippen LogP contribution in [-0.2, 0) is 4.79 Å². The number of anilines is 1. The Morgan fingerprint density at radius 1 is 1.10 bits per heavy atom. The fourth-order valence-electron chi connectivity index (χ4n) is 4.71. The van der Waals surface area contributed by atoms with Gasteiger partial charge < -0.3 is 19.5 Å². The number of ether oxygens (including phenoxy) is 3. The number of thiazole rings is 1. The van der Waals surface area contributed by atoms with Crippen LogP contribution in [-0.4, -0.2) is 30.8 Å². The molecule has 0 spiro atoms. The molecule has 2 heterocycles. The number of carbonyl (C=O) groups excluding carboxylic acids is 1. The van der Waals surface area contributed by atoms with Crippen molar-refractivity contribution in [3.8, 4) is 23.3 Å². The van der Waals surface area contributed by atoms with E-state index in [9.17, 15) is 9.59 Å². The quantitative estimate of drug-likeness (QED) is 0.318. The van der Waals surface area contributed by atoms with Gasteiger partial charge in [-0.3, -0.25) is 14.2 Å². The van der Waals surface area contributed by atoms with Crippen molar-refractivity contribution in [1.82, 2.24) is 4.57 Å². The Morgan fingerprint density at radius 2 is 1.86 bits per heavy atom. The molecular formula is C32H28N4O5S. The molecular weight excluding hydrogens is 552 g/mol. The van der Waals surface area contributed by atoms with E-state index in [0.717, 1.165) is 5.56 Å². The van der Waals surface area contributed by atoms with E-state index in [-0.39, 0.29) is 18.1 Å². The van der Waals surface area contributed by atoms with E-state index < -0.39 is 6.04 Å². The van der Waals surface area contributed by atoms with Crippen molar-refractivity contribution in [2.45, 2.75) is 19.9 Å². The van der Waals surface area contributed by atoms with Gasteiger partial charge in [0, 0.05) is 5.69 Å². The van der Waals surface area contributed by atoms with Gasteiger partial charge in [0.05, 0.1) is 35.6 Å².